The summed E-state index contributed by atoms with van der Waals surface area (Å²) in [5.74, 6) is 1.27. The number of aromatic nitrogens is 4. The van der Waals surface area contributed by atoms with Crippen molar-refractivity contribution >= 4 is 0 Å². The summed E-state index contributed by atoms with van der Waals surface area (Å²) in [6, 6.07) is 0. The highest BCUT2D eigenvalue weighted by atomic mass is 16.3. The van der Waals surface area contributed by atoms with Gasteiger partial charge in [0, 0.05) is 6.54 Å². The summed E-state index contributed by atoms with van der Waals surface area (Å²) >= 11 is 0. The zero-order valence-electron chi connectivity index (χ0n) is 8.26. The first-order valence-electron chi connectivity index (χ1n) is 5.26. The first-order chi connectivity index (χ1) is 6.90. The Morgan fingerprint density at radius 2 is 2.07 bits per heavy atom. The van der Waals surface area contributed by atoms with Crippen LogP contribution in [0, 0.1) is 5.92 Å². The minimum Gasteiger partial charge on any atom is -0.388 e. The first kappa shape index (κ1) is 9.58. The van der Waals surface area contributed by atoms with E-state index in [1.807, 2.05) is 0 Å². The number of rotatable bonds is 3. The van der Waals surface area contributed by atoms with Gasteiger partial charge in [-0.3, -0.25) is 0 Å². The van der Waals surface area contributed by atoms with E-state index in [4.69, 9.17) is 5.11 Å². The second-order valence-corrected chi connectivity index (χ2v) is 3.94. The van der Waals surface area contributed by atoms with Crippen molar-refractivity contribution in [3.63, 3.8) is 0 Å². The average molecular weight is 196 g/mol. The Hall–Kier alpha value is -0.970. The number of aliphatic hydroxyl groups excluding tert-OH is 1. The number of hydrogen-bond acceptors (Lipinski definition) is 4. The minimum atomic E-state index is -0.0697. The molecule has 2 rings (SSSR count). The zero-order chi connectivity index (χ0) is 9.80. The lowest BCUT2D eigenvalue weighted by Crippen LogP contribution is -2.17. The van der Waals surface area contributed by atoms with E-state index in [0.717, 1.165) is 6.54 Å². The van der Waals surface area contributed by atoms with E-state index in [2.05, 4.69) is 15.5 Å². The maximum atomic E-state index is 8.97. The lowest BCUT2D eigenvalue weighted by molar-refractivity contribution is 0.248. The number of tetrazole rings is 1. The highest BCUT2D eigenvalue weighted by Gasteiger charge is 2.16. The van der Waals surface area contributed by atoms with Crippen LogP contribution in [0.4, 0.5) is 0 Å². The fourth-order valence-electron chi connectivity index (χ4n) is 2.09. The van der Waals surface area contributed by atoms with Crippen LogP contribution in [0.2, 0.25) is 0 Å². The fraction of sp³-hybridized carbons (Fsp3) is 0.889. The predicted octanol–water partition coefficient (Wildman–Crippen LogP) is 0.746. The third-order valence-electron chi connectivity index (χ3n) is 2.90. The SMILES string of the molecule is OCc1nnnn1CC1CCCCC1. The second kappa shape index (κ2) is 4.50. The van der Waals surface area contributed by atoms with Crippen LogP contribution in [0.5, 0.6) is 0 Å². The number of aliphatic hydroxyl groups is 1. The van der Waals surface area contributed by atoms with Gasteiger partial charge < -0.3 is 5.11 Å². The molecule has 0 aromatic carbocycles. The second-order valence-electron chi connectivity index (χ2n) is 3.94. The van der Waals surface area contributed by atoms with Gasteiger partial charge in [-0.25, -0.2) is 4.68 Å². The van der Waals surface area contributed by atoms with Crippen molar-refractivity contribution in [2.75, 3.05) is 0 Å². The molecule has 5 nitrogen and oxygen atoms in total. The van der Waals surface area contributed by atoms with Crippen molar-refractivity contribution in [2.45, 2.75) is 45.3 Å². The van der Waals surface area contributed by atoms with Gasteiger partial charge in [-0.15, -0.1) is 5.10 Å². The van der Waals surface area contributed by atoms with Crippen LogP contribution in [-0.4, -0.2) is 25.3 Å². The predicted molar refractivity (Wildman–Crippen MR) is 50.3 cm³/mol. The highest BCUT2D eigenvalue weighted by Crippen LogP contribution is 2.24. The Morgan fingerprint density at radius 1 is 1.29 bits per heavy atom. The van der Waals surface area contributed by atoms with E-state index in [9.17, 15) is 0 Å². The largest absolute Gasteiger partial charge is 0.388 e. The smallest absolute Gasteiger partial charge is 0.176 e. The molecule has 0 unspecified atom stereocenters. The molecular weight excluding hydrogens is 180 g/mol. The van der Waals surface area contributed by atoms with E-state index in [1.165, 1.54) is 32.1 Å². The van der Waals surface area contributed by atoms with E-state index in [-0.39, 0.29) is 6.61 Å². The van der Waals surface area contributed by atoms with Crippen molar-refractivity contribution in [2.24, 2.45) is 5.92 Å². The molecule has 0 saturated heterocycles. The lowest BCUT2D eigenvalue weighted by atomic mass is 9.89. The monoisotopic (exact) mass is 196 g/mol. The summed E-state index contributed by atoms with van der Waals surface area (Å²) in [6.07, 6.45) is 6.54. The molecule has 1 fully saturated rings. The Balaban J connectivity index is 1.95. The Labute approximate surface area is 83.1 Å². The van der Waals surface area contributed by atoms with Gasteiger partial charge in [0.2, 0.25) is 0 Å². The van der Waals surface area contributed by atoms with Gasteiger partial charge in [-0.2, -0.15) is 0 Å². The van der Waals surface area contributed by atoms with E-state index in [1.54, 1.807) is 4.68 Å². The van der Waals surface area contributed by atoms with Crippen LogP contribution in [-0.2, 0) is 13.2 Å². The molecule has 0 radical (unpaired) electrons. The summed E-state index contributed by atoms with van der Waals surface area (Å²) in [5, 5.41) is 20.2. The molecule has 5 heteroatoms. The van der Waals surface area contributed by atoms with Gasteiger partial charge in [0.1, 0.15) is 6.61 Å². The van der Waals surface area contributed by atoms with Crippen molar-refractivity contribution in [1.29, 1.82) is 0 Å². The molecule has 0 spiro atoms. The summed E-state index contributed by atoms with van der Waals surface area (Å²) in [6.45, 7) is 0.794. The van der Waals surface area contributed by atoms with E-state index < -0.39 is 0 Å². The molecule has 1 N–H and O–H groups in total. The van der Waals surface area contributed by atoms with E-state index in [0.29, 0.717) is 11.7 Å². The molecule has 78 valence electrons. The molecule has 1 aromatic rings. The van der Waals surface area contributed by atoms with Crippen LogP contribution in [0.1, 0.15) is 37.9 Å². The summed E-state index contributed by atoms with van der Waals surface area (Å²) < 4.78 is 1.73. The molecule has 0 aliphatic heterocycles. The fourth-order valence-corrected chi connectivity index (χ4v) is 2.09. The minimum absolute atomic E-state index is 0.0697. The molecule has 1 aliphatic carbocycles. The molecular formula is C9H16N4O. The Kier molecular flexibility index (Phi) is 3.08. The molecule has 1 saturated carbocycles. The Bertz CT molecular complexity index is 280. The molecule has 1 heterocycles. The molecule has 0 atom stereocenters. The molecule has 1 aromatic heterocycles. The molecule has 0 amide bonds. The van der Waals surface area contributed by atoms with Crippen LogP contribution >= 0.6 is 0 Å². The van der Waals surface area contributed by atoms with Gasteiger partial charge in [0.15, 0.2) is 5.82 Å². The summed E-state index contributed by atoms with van der Waals surface area (Å²) in [4.78, 5) is 0. The Morgan fingerprint density at radius 3 is 2.79 bits per heavy atom. The number of hydrogen-bond donors (Lipinski definition) is 1. The first-order valence-corrected chi connectivity index (χ1v) is 5.26. The van der Waals surface area contributed by atoms with E-state index >= 15 is 0 Å². The molecule has 1 aliphatic rings. The topological polar surface area (TPSA) is 63.8 Å². The molecule has 14 heavy (non-hydrogen) atoms. The summed E-state index contributed by atoms with van der Waals surface area (Å²) in [5.41, 5.74) is 0. The lowest BCUT2D eigenvalue weighted by Gasteiger charge is -2.21. The van der Waals surface area contributed by atoms with Crippen molar-refractivity contribution in [3.05, 3.63) is 5.82 Å². The van der Waals surface area contributed by atoms with Gasteiger partial charge in [0.25, 0.3) is 0 Å². The van der Waals surface area contributed by atoms with Crippen LogP contribution in [0.15, 0.2) is 0 Å². The maximum absolute atomic E-state index is 8.97. The standard InChI is InChI=1S/C9H16N4O/c14-7-9-10-11-12-13(9)6-8-4-2-1-3-5-8/h8,14H,1-7H2. The van der Waals surface area contributed by atoms with Gasteiger partial charge in [0.05, 0.1) is 0 Å². The highest BCUT2D eigenvalue weighted by molar-refractivity contribution is 4.78. The normalized spacial score (nSPS) is 18.6. The van der Waals surface area contributed by atoms with Gasteiger partial charge in [-0.1, -0.05) is 19.3 Å². The third-order valence-corrected chi connectivity index (χ3v) is 2.90. The van der Waals surface area contributed by atoms with Crippen LogP contribution in [0.3, 0.4) is 0 Å². The number of nitrogens with zero attached hydrogens (tertiary/aromatic N) is 4. The summed E-state index contributed by atoms with van der Waals surface area (Å²) in [7, 11) is 0. The average Bonchev–Trinajstić information content (AvgIpc) is 2.67. The van der Waals surface area contributed by atoms with Crippen molar-refractivity contribution < 1.29 is 5.11 Å². The van der Waals surface area contributed by atoms with Crippen LogP contribution < -0.4 is 0 Å². The van der Waals surface area contributed by atoms with Crippen molar-refractivity contribution in [1.82, 2.24) is 20.2 Å². The zero-order valence-corrected chi connectivity index (χ0v) is 8.26. The van der Waals surface area contributed by atoms with Gasteiger partial charge in [-0.05, 0) is 29.2 Å². The molecule has 0 bridgehead atoms. The van der Waals surface area contributed by atoms with Gasteiger partial charge >= 0.3 is 0 Å². The van der Waals surface area contributed by atoms with Crippen LogP contribution in [0.25, 0.3) is 0 Å². The quantitative estimate of drug-likeness (QED) is 0.774. The maximum Gasteiger partial charge on any atom is 0.176 e. The van der Waals surface area contributed by atoms with Crippen molar-refractivity contribution in [3.8, 4) is 0 Å². The third kappa shape index (κ3) is 2.09.